The smallest absolute Gasteiger partial charge is 0.161 e. The van der Waals surface area contributed by atoms with E-state index in [4.69, 9.17) is 4.98 Å². The fourth-order valence-electron chi connectivity index (χ4n) is 3.51. The highest BCUT2D eigenvalue weighted by atomic mass is 15.2. The van der Waals surface area contributed by atoms with Gasteiger partial charge in [-0.05, 0) is 43.4 Å². The van der Waals surface area contributed by atoms with Crippen molar-refractivity contribution in [3.63, 3.8) is 0 Å². The van der Waals surface area contributed by atoms with E-state index in [0.29, 0.717) is 5.92 Å². The molecule has 0 spiro atoms. The Labute approximate surface area is 148 Å². The van der Waals surface area contributed by atoms with Crippen LogP contribution in [0.3, 0.4) is 0 Å². The highest BCUT2D eigenvalue weighted by molar-refractivity contribution is 5.57. The van der Waals surface area contributed by atoms with Crippen LogP contribution in [0.2, 0.25) is 0 Å². The largest absolute Gasteiger partial charge is 0.356 e. The summed E-state index contributed by atoms with van der Waals surface area (Å²) in [6.45, 7) is 4.10. The number of aromatic nitrogens is 3. The Morgan fingerprint density at radius 2 is 1.64 bits per heavy atom. The average Bonchev–Trinajstić information content (AvgIpc) is 2.69. The number of rotatable bonds is 3. The molecule has 2 aromatic heterocycles. The second-order valence-electron chi connectivity index (χ2n) is 6.60. The fraction of sp³-hybridized carbons (Fsp3) is 0.286. The molecular formula is C21H22N4. The fourth-order valence-corrected chi connectivity index (χ4v) is 3.51. The number of pyridine rings is 1. The normalized spacial score (nSPS) is 15.3. The number of benzene rings is 1. The minimum absolute atomic E-state index is 0.653. The van der Waals surface area contributed by atoms with E-state index in [1.54, 1.807) is 12.4 Å². The second-order valence-corrected chi connectivity index (χ2v) is 6.60. The summed E-state index contributed by atoms with van der Waals surface area (Å²) >= 11 is 0. The molecule has 25 heavy (non-hydrogen) atoms. The summed E-state index contributed by atoms with van der Waals surface area (Å²) in [7, 11) is 0. The van der Waals surface area contributed by atoms with Gasteiger partial charge in [0.15, 0.2) is 5.82 Å². The maximum Gasteiger partial charge on any atom is 0.161 e. The van der Waals surface area contributed by atoms with Crippen LogP contribution in [0.15, 0.2) is 60.9 Å². The van der Waals surface area contributed by atoms with Gasteiger partial charge in [0.1, 0.15) is 5.82 Å². The monoisotopic (exact) mass is 330 g/mol. The summed E-state index contributed by atoms with van der Waals surface area (Å²) in [5.41, 5.74) is 3.47. The van der Waals surface area contributed by atoms with Crippen molar-refractivity contribution in [3.05, 3.63) is 72.2 Å². The van der Waals surface area contributed by atoms with Gasteiger partial charge in [-0.2, -0.15) is 0 Å². The molecule has 3 heterocycles. The molecule has 1 fully saturated rings. The summed E-state index contributed by atoms with van der Waals surface area (Å²) in [5.74, 6) is 2.47. The van der Waals surface area contributed by atoms with Crippen molar-refractivity contribution in [2.75, 3.05) is 18.0 Å². The second kappa shape index (κ2) is 7.01. The van der Waals surface area contributed by atoms with E-state index in [9.17, 15) is 0 Å². The van der Waals surface area contributed by atoms with Crippen molar-refractivity contribution < 1.29 is 0 Å². The van der Waals surface area contributed by atoms with Crippen molar-refractivity contribution in [2.45, 2.75) is 25.7 Å². The summed E-state index contributed by atoms with van der Waals surface area (Å²) in [6, 6.07) is 16.9. The highest BCUT2D eigenvalue weighted by Crippen LogP contribution is 2.30. The van der Waals surface area contributed by atoms with Crippen LogP contribution in [-0.2, 0) is 0 Å². The van der Waals surface area contributed by atoms with Gasteiger partial charge in [-0.1, -0.05) is 30.3 Å². The van der Waals surface area contributed by atoms with Crippen LogP contribution in [0.25, 0.3) is 11.4 Å². The summed E-state index contributed by atoms with van der Waals surface area (Å²) in [5, 5.41) is 0. The van der Waals surface area contributed by atoms with Gasteiger partial charge in [0.25, 0.3) is 0 Å². The van der Waals surface area contributed by atoms with Crippen LogP contribution in [0.5, 0.6) is 0 Å². The Morgan fingerprint density at radius 1 is 0.920 bits per heavy atom. The molecule has 0 saturated carbocycles. The topological polar surface area (TPSA) is 41.9 Å². The van der Waals surface area contributed by atoms with Crippen LogP contribution in [0.4, 0.5) is 5.82 Å². The molecule has 1 aliphatic rings. The number of aryl methyl sites for hydroxylation is 1. The number of anilines is 1. The lowest BCUT2D eigenvalue weighted by Gasteiger charge is -2.33. The number of piperidine rings is 1. The standard InChI is InChI=1S/C21H22N4/c1-16-15-20(24-21(23-16)19-7-11-22-12-8-19)25-13-9-18(10-14-25)17-5-3-2-4-6-17/h2-8,11-12,15,18H,9-10,13-14H2,1H3. The molecule has 4 rings (SSSR count). The Kier molecular flexibility index (Phi) is 4.42. The molecule has 0 amide bonds. The van der Waals surface area contributed by atoms with E-state index in [2.05, 4.69) is 51.3 Å². The predicted molar refractivity (Wildman–Crippen MR) is 101 cm³/mol. The van der Waals surface area contributed by atoms with Gasteiger partial charge in [0.05, 0.1) is 0 Å². The van der Waals surface area contributed by atoms with Gasteiger partial charge >= 0.3 is 0 Å². The maximum atomic E-state index is 4.81. The predicted octanol–water partition coefficient (Wildman–Crippen LogP) is 4.23. The number of nitrogens with zero attached hydrogens (tertiary/aromatic N) is 4. The summed E-state index contributed by atoms with van der Waals surface area (Å²) < 4.78 is 0. The van der Waals surface area contributed by atoms with E-state index in [1.807, 2.05) is 19.1 Å². The zero-order valence-electron chi connectivity index (χ0n) is 14.5. The zero-order chi connectivity index (χ0) is 17.1. The van der Waals surface area contributed by atoms with Gasteiger partial charge in [0.2, 0.25) is 0 Å². The molecule has 0 aliphatic carbocycles. The first-order valence-corrected chi connectivity index (χ1v) is 8.85. The van der Waals surface area contributed by atoms with E-state index in [0.717, 1.165) is 48.8 Å². The number of hydrogen-bond acceptors (Lipinski definition) is 4. The molecule has 0 atom stereocenters. The molecule has 4 heteroatoms. The van der Waals surface area contributed by atoms with Crippen molar-refractivity contribution in [1.82, 2.24) is 15.0 Å². The Balaban J connectivity index is 1.52. The van der Waals surface area contributed by atoms with Crippen LogP contribution < -0.4 is 4.90 Å². The van der Waals surface area contributed by atoms with Crippen molar-refractivity contribution >= 4 is 5.82 Å². The molecule has 1 aromatic carbocycles. The molecule has 1 aliphatic heterocycles. The third kappa shape index (κ3) is 3.53. The van der Waals surface area contributed by atoms with E-state index >= 15 is 0 Å². The first-order valence-electron chi connectivity index (χ1n) is 8.85. The van der Waals surface area contributed by atoms with Gasteiger partial charge in [-0.15, -0.1) is 0 Å². The molecule has 4 nitrogen and oxygen atoms in total. The van der Waals surface area contributed by atoms with Crippen molar-refractivity contribution in [1.29, 1.82) is 0 Å². The number of hydrogen-bond donors (Lipinski definition) is 0. The van der Waals surface area contributed by atoms with Crippen molar-refractivity contribution in [3.8, 4) is 11.4 Å². The van der Waals surface area contributed by atoms with E-state index in [1.165, 1.54) is 5.56 Å². The molecule has 0 bridgehead atoms. The van der Waals surface area contributed by atoms with Crippen LogP contribution in [0.1, 0.15) is 30.0 Å². The molecular weight excluding hydrogens is 308 g/mol. The van der Waals surface area contributed by atoms with E-state index in [-0.39, 0.29) is 0 Å². The molecule has 0 unspecified atom stereocenters. The van der Waals surface area contributed by atoms with Crippen LogP contribution in [-0.4, -0.2) is 28.0 Å². The van der Waals surface area contributed by atoms with Gasteiger partial charge in [0, 0.05) is 42.8 Å². The van der Waals surface area contributed by atoms with Crippen LogP contribution in [0, 0.1) is 6.92 Å². The van der Waals surface area contributed by atoms with E-state index < -0.39 is 0 Å². The van der Waals surface area contributed by atoms with Gasteiger partial charge < -0.3 is 4.90 Å². The Hall–Kier alpha value is -2.75. The highest BCUT2D eigenvalue weighted by Gasteiger charge is 2.22. The lowest BCUT2D eigenvalue weighted by atomic mass is 9.89. The summed E-state index contributed by atoms with van der Waals surface area (Å²) in [4.78, 5) is 15.9. The third-order valence-electron chi connectivity index (χ3n) is 4.87. The first kappa shape index (κ1) is 15.8. The Morgan fingerprint density at radius 3 is 2.36 bits per heavy atom. The molecule has 3 aromatic rings. The Bertz CT molecular complexity index is 825. The molecule has 1 saturated heterocycles. The lowest BCUT2D eigenvalue weighted by Crippen LogP contribution is -2.33. The quantitative estimate of drug-likeness (QED) is 0.720. The van der Waals surface area contributed by atoms with Gasteiger partial charge in [-0.3, -0.25) is 4.98 Å². The zero-order valence-corrected chi connectivity index (χ0v) is 14.5. The minimum Gasteiger partial charge on any atom is -0.356 e. The average molecular weight is 330 g/mol. The molecule has 0 radical (unpaired) electrons. The lowest BCUT2D eigenvalue weighted by molar-refractivity contribution is 0.502. The SMILES string of the molecule is Cc1cc(N2CCC(c3ccccc3)CC2)nc(-c2ccncc2)n1. The molecule has 126 valence electrons. The maximum absolute atomic E-state index is 4.81. The van der Waals surface area contributed by atoms with Gasteiger partial charge in [-0.25, -0.2) is 9.97 Å². The third-order valence-corrected chi connectivity index (χ3v) is 4.87. The van der Waals surface area contributed by atoms with Crippen LogP contribution >= 0.6 is 0 Å². The minimum atomic E-state index is 0.653. The summed E-state index contributed by atoms with van der Waals surface area (Å²) in [6.07, 6.45) is 5.90. The molecule has 0 N–H and O–H groups in total. The first-order chi connectivity index (χ1) is 12.3. The van der Waals surface area contributed by atoms with Crippen molar-refractivity contribution in [2.24, 2.45) is 0 Å².